The minimum absolute atomic E-state index is 0.638. The summed E-state index contributed by atoms with van der Waals surface area (Å²) < 4.78 is 0. The lowest BCUT2D eigenvalue weighted by Gasteiger charge is -2.32. The molecule has 2 nitrogen and oxygen atoms in total. The first-order valence-electron chi connectivity index (χ1n) is 7.53. The Morgan fingerprint density at radius 1 is 1.12 bits per heavy atom. The van der Waals surface area contributed by atoms with Gasteiger partial charge in [-0.2, -0.15) is 0 Å². The van der Waals surface area contributed by atoms with E-state index < -0.39 is 0 Å². The van der Waals surface area contributed by atoms with Crippen LogP contribution in [0.2, 0.25) is 0 Å². The van der Waals surface area contributed by atoms with Gasteiger partial charge in [0.1, 0.15) is 0 Å². The molecule has 1 N–H and O–H groups in total. The molecule has 102 valence electrons. The summed E-state index contributed by atoms with van der Waals surface area (Å²) in [5, 5.41) is 3.57. The first kappa shape index (κ1) is 15.0. The van der Waals surface area contributed by atoms with E-state index in [0.717, 1.165) is 11.8 Å². The van der Waals surface area contributed by atoms with Gasteiger partial charge in [-0.3, -0.25) is 0 Å². The molecule has 1 aliphatic heterocycles. The van der Waals surface area contributed by atoms with Crippen LogP contribution in [0.4, 0.5) is 0 Å². The molecule has 0 radical (unpaired) electrons. The van der Waals surface area contributed by atoms with Crippen LogP contribution in [0, 0.1) is 11.8 Å². The third kappa shape index (κ3) is 7.05. The second-order valence-corrected chi connectivity index (χ2v) is 6.38. The molecule has 0 bridgehead atoms. The number of piperidine rings is 1. The fraction of sp³-hybridized carbons (Fsp3) is 1.00. The van der Waals surface area contributed by atoms with Crippen LogP contribution in [0.1, 0.15) is 53.4 Å². The molecule has 17 heavy (non-hydrogen) atoms. The van der Waals surface area contributed by atoms with Crippen molar-refractivity contribution in [2.45, 2.75) is 59.4 Å². The molecule has 0 amide bonds. The van der Waals surface area contributed by atoms with Gasteiger partial charge in [0.05, 0.1) is 0 Å². The number of hydrogen-bond acceptors (Lipinski definition) is 2. The number of nitrogens with zero attached hydrogens (tertiary/aromatic N) is 1. The zero-order valence-electron chi connectivity index (χ0n) is 12.3. The summed E-state index contributed by atoms with van der Waals surface area (Å²) in [6.45, 7) is 14.3. The molecule has 0 aromatic rings. The molecule has 0 saturated carbocycles. The predicted octanol–water partition coefficient (Wildman–Crippen LogP) is 3.13. The Labute approximate surface area is 108 Å². The molecule has 1 saturated heterocycles. The molecule has 0 aliphatic carbocycles. The summed E-state index contributed by atoms with van der Waals surface area (Å²) >= 11 is 0. The molecule has 1 fully saturated rings. The van der Waals surface area contributed by atoms with Gasteiger partial charge >= 0.3 is 0 Å². The van der Waals surface area contributed by atoms with E-state index in [0.29, 0.717) is 6.04 Å². The molecule has 2 heteroatoms. The number of rotatable bonds is 7. The minimum atomic E-state index is 0.638. The second-order valence-electron chi connectivity index (χ2n) is 6.38. The molecule has 1 heterocycles. The Bertz CT molecular complexity index is 181. The van der Waals surface area contributed by atoms with Gasteiger partial charge in [0.25, 0.3) is 0 Å². The van der Waals surface area contributed by atoms with Gasteiger partial charge in [-0.05, 0) is 63.7 Å². The van der Waals surface area contributed by atoms with Gasteiger partial charge in [0.2, 0.25) is 0 Å². The fourth-order valence-electron chi connectivity index (χ4n) is 2.54. The van der Waals surface area contributed by atoms with E-state index in [-0.39, 0.29) is 0 Å². The van der Waals surface area contributed by atoms with Gasteiger partial charge in [0, 0.05) is 6.04 Å². The highest BCUT2D eigenvalue weighted by molar-refractivity contribution is 4.74. The third-order valence-corrected chi connectivity index (χ3v) is 3.78. The average molecular weight is 240 g/mol. The van der Waals surface area contributed by atoms with Crippen molar-refractivity contribution in [1.29, 1.82) is 0 Å². The molecule has 0 spiro atoms. The van der Waals surface area contributed by atoms with Crippen LogP contribution in [0.5, 0.6) is 0 Å². The predicted molar refractivity (Wildman–Crippen MR) is 76.4 cm³/mol. The van der Waals surface area contributed by atoms with Crippen molar-refractivity contribution in [2.24, 2.45) is 11.8 Å². The van der Waals surface area contributed by atoms with Crippen molar-refractivity contribution in [3.63, 3.8) is 0 Å². The number of nitrogens with one attached hydrogen (secondary N) is 1. The summed E-state index contributed by atoms with van der Waals surface area (Å²) in [6.07, 6.45) is 5.55. The van der Waals surface area contributed by atoms with Crippen molar-refractivity contribution in [1.82, 2.24) is 10.2 Å². The zero-order chi connectivity index (χ0) is 12.7. The summed E-state index contributed by atoms with van der Waals surface area (Å²) in [7, 11) is 0. The van der Waals surface area contributed by atoms with Crippen molar-refractivity contribution in [3.8, 4) is 0 Å². The van der Waals surface area contributed by atoms with Gasteiger partial charge < -0.3 is 10.2 Å². The van der Waals surface area contributed by atoms with Crippen molar-refractivity contribution in [2.75, 3.05) is 26.2 Å². The smallest absolute Gasteiger partial charge is 0.00104 e. The highest BCUT2D eigenvalue weighted by Gasteiger charge is 2.18. The van der Waals surface area contributed by atoms with Gasteiger partial charge in [-0.1, -0.05) is 27.7 Å². The van der Waals surface area contributed by atoms with E-state index in [1.54, 1.807) is 0 Å². The Hall–Kier alpha value is -0.0800. The molecule has 1 aliphatic rings. The van der Waals surface area contributed by atoms with E-state index in [1.165, 1.54) is 51.9 Å². The molecular weight excluding hydrogens is 208 g/mol. The summed E-state index contributed by atoms with van der Waals surface area (Å²) in [5.74, 6) is 1.78. The molecule has 0 aromatic heterocycles. The fourth-order valence-corrected chi connectivity index (χ4v) is 2.54. The lowest BCUT2D eigenvalue weighted by molar-refractivity contribution is 0.176. The maximum atomic E-state index is 3.57. The summed E-state index contributed by atoms with van der Waals surface area (Å²) in [6, 6.07) is 0.638. The molecule has 0 aromatic carbocycles. The van der Waals surface area contributed by atoms with E-state index >= 15 is 0 Å². The minimum Gasteiger partial charge on any atom is -0.314 e. The van der Waals surface area contributed by atoms with Crippen molar-refractivity contribution >= 4 is 0 Å². The largest absolute Gasteiger partial charge is 0.314 e. The highest BCUT2D eigenvalue weighted by atomic mass is 15.1. The van der Waals surface area contributed by atoms with Crippen LogP contribution in [0.25, 0.3) is 0 Å². The van der Waals surface area contributed by atoms with Crippen LogP contribution >= 0.6 is 0 Å². The maximum absolute atomic E-state index is 3.57. The molecule has 0 atom stereocenters. The van der Waals surface area contributed by atoms with Crippen molar-refractivity contribution < 1.29 is 0 Å². The first-order valence-corrected chi connectivity index (χ1v) is 7.53. The second kappa shape index (κ2) is 8.10. The van der Waals surface area contributed by atoms with Crippen LogP contribution in [-0.4, -0.2) is 37.1 Å². The Balaban J connectivity index is 2.05. The van der Waals surface area contributed by atoms with Gasteiger partial charge in [0.15, 0.2) is 0 Å². The Morgan fingerprint density at radius 2 is 1.76 bits per heavy atom. The van der Waals surface area contributed by atoms with Crippen molar-refractivity contribution in [3.05, 3.63) is 0 Å². The standard InChI is InChI=1S/C15H32N2/c1-13(2)6-5-9-17-10-7-15(8-11-17)12-16-14(3)4/h13-16H,5-12H2,1-4H3. The number of likely N-dealkylation sites (tertiary alicyclic amines) is 1. The highest BCUT2D eigenvalue weighted by Crippen LogP contribution is 2.17. The molecule has 1 rings (SSSR count). The van der Waals surface area contributed by atoms with E-state index in [9.17, 15) is 0 Å². The van der Waals surface area contributed by atoms with E-state index in [2.05, 4.69) is 37.9 Å². The zero-order valence-corrected chi connectivity index (χ0v) is 12.3. The Kier molecular flexibility index (Phi) is 7.14. The maximum Gasteiger partial charge on any atom is 0.00104 e. The Morgan fingerprint density at radius 3 is 2.29 bits per heavy atom. The molecule has 0 unspecified atom stereocenters. The average Bonchev–Trinajstić information content (AvgIpc) is 2.27. The summed E-state index contributed by atoms with van der Waals surface area (Å²) in [4.78, 5) is 2.66. The van der Waals surface area contributed by atoms with Crippen LogP contribution < -0.4 is 5.32 Å². The van der Waals surface area contributed by atoms with Gasteiger partial charge in [-0.25, -0.2) is 0 Å². The van der Waals surface area contributed by atoms with Gasteiger partial charge in [-0.15, -0.1) is 0 Å². The van der Waals surface area contributed by atoms with E-state index in [4.69, 9.17) is 0 Å². The topological polar surface area (TPSA) is 15.3 Å². The molecular formula is C15H32N2. The third-order valence-electron chi connectivity index (χ3n) is 3.78. The lowest BCUT2D eigenvalue weighted by atomic mass is 9.96. The SMILES string of the molecule is CC(C)CCCN1CCC(CNC(C)C)CC1. The monoisotopic (exact) mass is 240 g/mol. The van der Waals surface area contributed by atoms with E-state index in [1.807, 2.05) is 0 Å². The number of hydrogen-bond donors (Lipinski definition) is 1. The van der Waals surface area contributed by atoms with Crippen LogP contribution in [0.15, 0.2) is 0 Å². The first-order chi connectivity index (χ1) is 8.08. The normalized spacial score (nSPS) is 19.4. The van der Waals surface area contributed by atoms with Crippen LogP contribution in [0.3, 0.4) is 0 Å². The quantitative estimate of drug-likeness (QED) is 0.735. The summed E-state index contributed by atoms with van der Waals surface area (Å²) in [5.41, 5.74) is 0. The lowest BCUT2D eigenvalue weighted by Crippen LogP contribution is -2.39. The van der Waals surface area contributed by atoms with Crippen LogP contribution in [-0.2, 0) is 0 Å².